The summed E-state index contributed by atoms with van der Waals surface area (Å²) in [6.07, 6.45) is 0. The van der Waals surface area contributed by atoms with E-state index in [2.05, 4.69) is 4.98 Å². The van der Waals surface area contributed by atoms with E-state index in [0.717, 1.165) is 6.07 Å². The Kier molecular flexibility index (Phi) is 2.66. The summed E-state index contributed by atoms with van der Waals surface area (Å²) >= 11 is 5.57. The van der Waals surface area contributed by atoms with Crippen LogP contribution in [0.4, 0.5) is 5.69 Å². The van der Waals surface area contributed by atoms with Crippen molar-refractivity contribution in [3.8, 4) is 0 Å². The fourth-order valence-electron chi connectivity index (χ4n) is 0.923. The lowest BCUT2D eigenvalue weighted by Gasteiger charge is -2.01. The molecule has 0 bridgehead atoms. The first-order valence-corrected chi connectivity index (χ1v) is 3.92. The van der Waals surface area contributed by atoms with E-state index in [1.165, 1.54) is 6.92 Å². The average Bonchev–Trinajstić information content (AvgIpc) is 2.02. The van der Waals surface area contributed by atoms with Crippen molar-refractivity contribution in [3.05, 3.63) is 32.6 Å². The molecule has 14 heavy (non-hydrogen) atoms. The predicted octanol–water partition coefficient (Wildman–Crippen LogP) is 1.05. The van der Waals surface area contributed by atoms with Gasteiger partial charge in [-0.25, -0.2) is 4.98 Å². The molecular formula is C7H6ClN3O3. The first-order valence-electron chi connectivity index (χ1n) is 3.55. The number of halogens is 1. The van der Waals surface area contributed by atoms with Gasteiger partial charge in [-0.05, 0) is 6.92 Å². The maximum atomic E-state index is 10.8. The van der Waals surface area contributed by atoms with Crippen molar-refractivity contribution in [1.29, 1.82) is 0 Å². The van der Waals surface area contributed by atoms with Gasteiger partial charge in [-0.1, -0.05) is 11.6 Å². The first kappa shape index (κ1) is 10.4. The summed E-state index contributed by atoms with van der Waals surface area (Å²) in [5.41, 5.74) is 4.67. The van der Waals surface area contributed by atoms with Crippen LogP contribution in [-0.4, -0.2) is 15.8 Å². The normalized spacial score (nSPS) is 9.86. The quantitative estimate of drug-likeness (QED) is 0.453. The molecule has 0 fully saturated rings. The number of carbonyl (C=O) groups is 1. The number of hydrogen-bond donors (Lipinski definition) is 1. The van der Waals surface area contributed by atoms with Crippen molar-refractivity contribution in [3.63, 3.8) is 0 Å². The lowest BCUT2D eigenvalue weighted by molar-refractivity contribution is -0.385. The van der Waals surface area contributed by atoms with Gasteiger partial charge < -0.3 is 5.73 Å². The molecule has 7 heteroatoms. The molecule has 2 N–H and O–H groups in total. The third-order valence-corrected chi connectivity index (χ3v) is 1.89. The van der Waals surface area contributed by atoms with Crippen molar-refractivity contribution in [1.82, 2.24) is 4.98 Å². The highest BCUT2D eigenvalue weighted by molar-refractivity contribution is 6.32. The molecule has 0 aliphatic rings. The van der Waals surface area contributed by atoms with E-state index in [9.17, 15) is 14.9 Å². The number of hydrogen-bond acceptors (Lipinski definition) is 4. The Morgan fingerprint density at radius 3 is 2.71 bits per heavy atom. The molecule has 0 saturated heterocycles. The fraction of sp³-hybridized carbons (Fsp3) is 0.143. The molecule has 1 rings (SSSR count). The van der Waals surface area contributed by atoms with E-state index in [1.807, 2.05) is 0 Å². The molecule has 6 nitrogen and oxygen atoms in total. The highest BCUT2D eigenvalue weighted by atomic mass is 35.5. The molecule has 0 radical (unpaired) electrons. The van der Waals surface area contributed by atoms with Crippen LogP contribution in [0.2, 0.25) is 5.15 Å². The molecule has 1 aromatic rings. The molecule has 74 valence electrons. The number of aryl methyl sites for hydroxylation is 1. The minimum absolute atomic E-state index is 0.124. The Balaban J connectivity index is 3.42. The highest BCUT2D eigenvalue weighted by Gasteiger charge is 2.18. The zero-order valence-electron chi connectivity index (χ0n) is 7.15. The minimum Gasteiger partial charge on any atom is -0.365 e. The molecule has 0 spiro atoms. The lowest BCUT2D eigenvalue weighted by Crippen LogP contribution is -2.13. The van der Waals surface area contributed by atoms with Gasteiger partial charge in [0.05, 0.1) is 10.5 Å². The molecule has 0 aliphatic heterocycles. The Morgan fingerprint density at radius 1 is 1.71 bits per heavy atom. The van der Waals surface area contributed by atoms with Crippen LogP contribution in [0, 0.1) is 17.0 Å². The van der Waals surface area contributed by atoms with E-state index in [-0.39, 0.29) is 22.1 Å². The third kappa shape index (κ3) is 1.80. The van der Waals surface area contributed by atoms with E-state index >= 15 is 0 Å². The molecule has 1 heterocycles. The number of nitrogens with zero attached hydrogens (tertiary/aromatic N) is 2. The van der Waals surface area contributed by atoms with Crippen molar-refractivity contribution in [2.45, 2.75) is 6.92 Å². The standard InChI is InChI=1S/C7H6ClN3O3/c1-3-5(11(13)14)2-4(7(9)12)6(8)10-3/h2H,1H3,(H2,9,12). The van der Waals surface area contributed by atoms with Gasteiger partial charge in [0, 0.05) is 6.07 Å². The van der Waals surface area contributed by atoms with Gasteiger partial charge in [0.1, 0.15) is 10.8 Å². The van der Waals surface area contributed by atoms with E-state index in [4.69, 9.17) is 17.3 Å². The van der Waals surface area contributed by atoms with Gasteiger partial charge in [-0.15, -0.1) is 0 Å². The summed E-state index contributed by atoms with van der Waals surface area (Å²) in [4.78, 5) is 24.3. The van der Waals surface area contributed by atoms with Crippen molar-refractivity contribution in [2.24, 2.45) is 5.73 Å². The van der Waals surface area contributed by atoms with Crippen LogP contribution in [0.25, 0.3) is 0 Å². The summed E-state index contributed by atoms with van der Waals surface area (Å²) in [5.74, 6) is -0.842. The average molecular weight is 216 g/mol. The molecule has 0 unspecified atom stereocenters. The second kappa shape index (κ2) is 3.59. The first-order chi connectivity index (χ1) is 6.43. The topological polar surface area (TPSA) is 99.1 Å². The lowest BCUT2D eigenvalue weighted by atomic mass is 10.2. The largest absolute Gasteiger partial charge is 0.365 e. The molecule has 0 atom stereocenters. The Bertz CT molecular complexity index is 384. The number of rotatable bonds is 2. The number of carbonyl (C=O) groups excluding carboxylic acids is 1. The van der Waals surface area contributed by atoms with Gasteiger partial charge in [0.2, 0.25) is 0 Å². The van der Waals surface area contributed by atoms with Gasteiger partial charge in [-0.2, -0.15) is 0 Å². The molecule has 0 saturated carbocycles. The van der Waals surface area contributed by atoms with Crippen molar-refractivity contribution < 1.29 is 9.72 Å². The third-order valence-electron chi connectivity index (χ3n) is 1.60. The Morgan fingerprint density at radius 2 is 2.29 bits per heavy atom. The van der Waals surface area contributed by atoms with Crippen molar-refractivity contribution in [2.75, 3.05) is 0 Å². The van der Waals surface area contributed by atoms with E-state index in [0.29, 0.717) is 0 Å². The summed E-state index contributed by atoms with van der Waals surface area (Å²) in [6, 6.07) is 1.02. The van der Waals surface area contributed by atoms with Crippen LogP contribution in [-0.2, 0) is 0 Å². The number of amides is 1. The van der Waals surface area contributed by atoms with Gasteiger partial charge >= 0.3 is 0 Å². The van der Waals surface area contributed by atoms with Crippen LogP contribution >= 0.6 is 11.6 Å². The van der Waals surface area contributed by atoms with E-state index in [1.54, 1.807) is 0 Å². The molecular weight excluding hydrogens is 210 g/mol. The number of aromatic nitrogens is 1. The fourth-order valence-corrected chi connectivity index (χ4v) is 1.20. The monoisotopic (exact) mass is 215 g/mol. The molecule has 1 aromatic heterocycles. The highest BCUT2D eigenvalue weighted by Crippen LogP contribution is 2.22. The predicted molar refractivity (Wildman–Crippen MR) is 49.2 cm³/mol. The van der Waals surface area contributed by atoms with Gasteiger partial charge in [0.25, 0.3) is 11.6 Å². The summed E-state index contributed by atoms with van der Waals surface area (Å²) in [6.45, 7) is 1.43. The number of pyridine rings is 1. The van der Waals surface area contributed by atoms with Crippen LogP contribution in [0.15, 0.2) is 6.07 Å². The van der Waals surface area contributed by atoms with Crippen LogP contribution in [0.5, 0.6) is 0 Å². The molecule has 0 aliphatic carbocycles. The number of nitrogens with two attached hydrogens (primary N) is 1. The number of primary amides is 1. The van der Waals surface area contributed by atoms with Crippen LogP contribution < -0.4 is 5.73 Å². The SMILES string of the molecule is Cc1nc(Cl)c(C(N)=O)cc1[N+](=O)[O-]. The Hall–Kier alpha value is -1.69. The summed E-state index contributed by atoms with van der Waals surface area (Å²) < 4.78 is 0. The molecule has 0 aromatic carbocycles. The zero-order valence-corrected chi connectivity index (χ0v) is 7.91. The zero-order chi connectivity index (χ0) is 10.9. The second-order valence-corrected chi connectivity index (χ2v) is 2.91. The maximum Gasteiger partial charge on any atom is 0.291 e. The molecule has 1 amide bonds. The van der Waals surface area contributed by atoms with Crippen LogP contribution in [0.1, 0.15) is 16.1 Å². The van der Waals surface area contributed by atoms with E-state index < -0.39 is 10.8 Å². The minimum atomic E-state index is -0.842. The number of nitro groups is 1. The summed E-state index contributed by atoms with van der Waals surface area (Å²) in [5, 5.41) is 10.4. The van der Waals surface area contributed by atoms with Gasteiger partial charge in [-0.3, -0.25) is 14.9 Å². The smallest absolute Gasteiger partial charge is 0.291 e. The maximum absolute atomic E-state index is 10.8. The second-order valence-electron chi connectivity index (χ2n) is 2.55. The summed E-state index contributed by atoms with van der Waals surface area (Å²) in [7, 11) is 0. The van der Waals surface area contributed by atoms with Crippen LogP contribution in [0.3, 0.4) is 0 Å². The van der Waals surface area contributed by atoms with Gasteiger partial charge in [0.15, 0.2) is 0 Å². The van der Waals surface area contributed by atoms with Crippen molar-refractivity contribution >= 4 is 23.2 Å². The Labute approximate surface area is 83.8 Å².